The van der Waals surface area contributed by atoms with Gasteiger partial charge in [-0.1, -0.05) is 11.2 Å². The number of ether oxygens (including phenoxy) is 1. The van der Waals surface area contributed by atoms with Gasteiger partial charge in [0.05, 0.1) is 18.0 Å². The Kier molecular flexibility index (Phi) is 6.28. The summed E-state index contributed by atoms with van der Waals surface area (Å²) in [6, 6.07) is 12.5. The Morgan fingerprint density at radius 2 is 1.67 bits per heavy atom. The number of pyridine rings is 1. The van der Waals surface area contributed by atoms with Crippen LogP contribution in [0.1, 0.15) is 47.5 Å². The van der Waals surface area contributed by atoms with E-state index >= 15 is 0 Å². The zero-order chi connectivity index (χ0) is 19.2. The van der Waals surface area contributed by atoms with Crippen LogP contribution in [0.4, 0.5) is 0 Å². The van der Waals surface area contributed by atoms with E-state index in [-0.39, 0.29) is 0 Å². The van der Waals surface area contributed by atoms with Gasteiger partial charge in [0.25, 0.3) is 0 Å². The monoisotopic (exact) mass is 364 g/mol. The van der Waals surface area contributed by atoms with Gasteiger partial charge in [-0.15, -0.1) is 0 Å². The van der Waals surface area contributed by atoms with Crippen molar-refractivity contribution in [2.75, 3.05) is 6.61 Å². The molecular formula is C23H28N2O2. The molecule has 0 aliphatic rings. The molecule has 2 heterocycles. The molecule has 4 heteroatoms. The Balaban J connectivity index is 1.51. The van der Waals surface area contributed by atoms with Gasteiger partial charge in [0, 0.05) is 23.7 Å². The number of nitrogens with zero attached hydrogens (tertiary/aromatic N) is 2. The van der Waals surface area contributed by atoms with Gasteiger partial charge < -0.3 is 9.26 Å². The van der Waals surface area contributed by atoms with Crippen LogP contribution in [0.2, 0.25) is 0 Å². The molecule has 4 nitrogen and oxygen atoms in total. The summed E-state index contributed by atoms with van der Waals surface area (Å²) in [5.74, 6) is 1.97. The number of hydrogen-bond acceptors (Lipinski definition) is 4. The van der Waals surface area contributed by atoms with E-state index in [4.69, 9.17) is 9.26 Å². The highest BCUT2D eigenvalue weighted by Crippen LogP contribution is 2.29. The van der Waals surface area contributed by atoms with Crippen LogP contribution in [-0.4, -0.2) is 16.7 Å². The number of benzene rings is 1. The molecule has 27 heavy (non-hydrogen) atoms. The van der Waals surface area contributed by atoms with Crippen LogP contribution in [0.15, 0.2) is 40.9 Å². The van der Waals surface area contributed by atoms with Crippen molar-refractivity contribution < 1.29 is 9.26 Å². The molecule has 0 aliphatic carbocycles. The van der Waals surface area contributed by atoms with E-state index in [1.165, 1.54) is 0 Å². The van der Waals surface area contributed by atoms with E-state index in [1.807, 2.05) is 32.0 Å². The van der Waals surface area contributed by atoms with Crippen molar-refractivity contribution in [3.8, 4) is 17.0 Å². The van der Waals surface area contributed by atoms with Gasteiger partial charge in [0.15, 0.2) is 0 Å². The summed E-state index contributed by atoms with van der Waals surface area (Å²) < 4.78 is 11.3. The highest BCUT2D eigenvalue weighted by atomic mass is 16.5. The first-order chi connectivity index (χ1) is 13.0. The molecule has 0 fully saturated rings. The molecule has 0 atom stereocenters. The van der Waals surface area contributed by atoms with Crippen molar-refractivity contribution in [2.45, 2.75) is 53.4 Å². The molecule has 0 unspecified atom stereocenters. The van der Waals surface area contributed by atoms with Crippen LogP contribution in [0.3, 0.4) is 0 Å². The van der Waals surface area contributed by atoms with Gasteiger partial charge in [-0.05, 0) is 82.3 Å². The van der Waals surface area contributed by atoms with Gasteiger partial charge in [-0.3, -0.25) is 4.98 Å². The molecule has 2 aromatic heterocycles. The quantitative estimate of drug-likeness (QED) is 0.477. The number of aryl methyl sites for hydroxylation is 5. The van der Waals surface area contributed by atoms with Crippen molar-refractivity contribution in [3.05, 3.63) is 64.7 Å². The lowest BCUT2D eigenvalue weighted by Gasteiger charge is -2.14. The molecule has 0 spiro atoms. The van der Waals surface area contributed by atoms with Gasteiger partial charge in [0.2, 0.25) is 0 Å². The molecule has 3 rings (SSSR count). The van der Waals surface area contributed by atoms with Crippen molar-refractivity contribution in [1.29, 1.82) is 0 Å². The predicted octanol–water partition coefficient (Wildman–Crippen LogP) is 5.76. The fourth-order valence-corrected chi connectivity index (χ4v) is 3.32. The van der Waals surface area contributed by atoms with E-state index in [0.29, 0.717) is 0 Å². The van der Waals surface area contributed by atoms with E-state index in [2.05, 4.69) is 42.2 Å². The number of rotatable bonds is 8. The van der Waals surface area contributed by atoms with Crippen LogP contribution >= 0.6 is 0 Å². The number of aromatic nitrogens is 2. The lowest BCUT2D eigenvalue weighted by atomic mass is 10.0. The third kappa shape index (κ3) is 5.19. The summed E-state index contributed by atoms with van der Waals surface area (Å²) in [6.07, 6.45) is 4.18. The SMILES string of the molecule is Cc1cc(CCCCCOc2c(C)cc(-c3cccc(C)n3)cc2C)on1. The zero-order valence-electron chi connectivity index (χ0n) is 16.7. The first-order valence-corrected chi connectivity index (χ1v) is 9.63. The maximum absolute atomic E-state index is 6.08. The Morgan fingerprint density at radius 1 is 0.889 bits per heavy atom. The summed E-state index contributed by atoms with van der Waals surface area (Å²) in [7, 11) is 0. The molecule has 0 saturated carbocycles. The van der Waals surface area contributed by atoms with Gasteiger partial charge in [-0.25, -0.2) is 0 Å². The van der Waals surface area contributed by atoms with Gasteiger partial charge >= 0.3 is 0 Å². The summed E-state index contributed by atoms with van der Waals surface area (Å²) in [4.78, 5) is 4.62. The minimum absolute atomic E-state index is 0.735. The van der Waals surface area contributed by atoms with Crippen LogP contribution < -0.4 is 4.74 Å². The molecule has 0 aliphatic heterocycles. The topological polar surface area (TPSA) is 48.2 Å². The van der Waals surface area contributed by atoms with E-state index in [0.717, 1.165) is 77.6 Å². The summed E-state index contributed by atoms with van der Waals surface area (Å²) in [5, 5.41) is 3.92. The molecule has 0 bridgehead atoms. The van der Waals surface area contributed by atoms with Crippen molar-refractivity contribution >= 4 is 0 Å². The molecule has 0 amide bonds. The molecular weight excluding hydrogens is 336 g/mol. The normalized spacial score (nSPS) is 11.0. The molecule has 3 aromatic rings. The molecule has 142 valence electrons. The summed E-state index contributed by atoms with van der Waals surface area (Å²) >= 11 is 0. The summed E-state index contributed by atoms with van der Waals surface area (Å²) in [6.45, 7) is 8.91. The second-order valence-electron chi connectivity index (χ2n) is 7.20. The highest BCUT2D eigenvalue weighted by Gasteiger charge is 2.09. The molecule has 0 N–H and O–H groups in total. The lowest BCUT2D eigenvalue weighted by molar-refractivity contribution is 0.299. The Morgan fingerprint density at radius 3 is 2.33 bits per heavy atom. The average molecular weight is 364 g/mol. The van der Waals surface area contributed by atoms with E-state index in [9.17, 15) is 0 Å². The molecule has 0 saturated heterocycles. The van der Waals surface area contributed by atoms with Crippen LogP contribution in [-0.2, 0) is 6.42 Å². The highest BCUT2D eigenvalue weighted by molar-refractivity contribution is 5.64. The first-order valence-electron chi connectivity index (χ1n) is 9.63. The van der Waals surface area contributed by atoms with Crippen LogP contribution in [0.5, 0.6) is 5.75 Å². The fourth-order valence-electron chi connectivity index (χ4n) is 3.32. The van der Waals surface area contributed by atoms with E-state index in [1.54, 1.807) is 0 Å². The van der Waals surface area contributed by atoms with Gasteiger partial charge in [-0.2, -0.15) is 0 Å². The standard InChI is InChI=1S/C23H28N2O2/c1-16-13-20(22-11-8-9-18(3)24-22)14-17(2)23(16)26-12-7-5-6-10-21-15-19(4)25-27-21/h8-9,11,13-15H,5-7,10,12H2,1-4H3. The third-order valence-corrected chi connectivity index (χ3v) is 4.64. The van der Waals surface area contributed by atoms with Crippen LogP contribution in [0, 0.1) is 27.7 Å². The summed E-state index contributed by atoms with van der Waals surface area (Å²) in [5.41, 5.74) is 6.45. The fraction of sp³-hybridized carbons (Fsp3) is 0.391. The average Bonchev–Trinajstić information content (AvgIpc) is 3.05. The van der Waals surface area contributed by atoms with Crippen LogP contribution in [0.25, 0.3) is 11.3 Å². The smallest absolute Gasteiger partial charge is 0.136 e. The molecule has 0 radical (unpaired) electrons. The maximum Gasteiger partial charge on any atom is 0.136 e. The number of hydrogen-bond donors (Lipinski definition) is 0. The zero-order valence-corrected chi connectivity index (χ0v) is 16.7. The van der Waals surface area contributed by atoms with Crippen molar-refractivity contribution in [3.63, 3.8) is 0 Å². The van der Waals surface area contributed by atoms with E-state index < -0.39 is 0 Å². The maximum atomic E-state index is 6.08. The number of unbranched alkanes of at least 4 members (excludes halogenated alkanes) is 2. The molecule has 1 aromatic carbocycles. The lowest BCUT2D eigenvalue weighted by Crippen LogP contribution is -2.01. The predicted molar refractivity (Wildman–Crippen MR) is 108 cm³/mol. The Hall–Kier alpha value is -2.62. The first kappa shape index (κ1) is 19.2. The van der Waals surface area contributed by atoms with Crippen molar-refractivity contribution in [1.82, 2.24) is 10.1 Å². The Labute approximate surface area is 161 Å². The second-order valence-corrected chi connectivity index (χ2v) is 7.20. The minimum atomic E-state index is 0.735. The van der Waals surface area contributed by atoms with Gasteiger partial charge in [0.1, 0.15) is 11.5 Å². The minimum Gasteiger partial charge on any atom is -0.493 e. The largest absolute Gasteiger partial charge is 0.493 e. The third-order valence-electron chi connectivity index (χ3n) is 4.64. The Bertz CT molecular complexity index is 876. The van der Waals surface area contributed by atoms with Crippen molar-refractivity contribution in [2.24, 2.45) is 0 Å². The second kappa shape index (κ2) is 8.85.